The molecule has 1 aliphatic heterocycles. The lowest BCUT2D eigenvalue weighted by Gasteiger charge is -2.14. The number of anilines is 1. The molecule has 116 valence electrons. The van der Waals surface area contributed by atoms with Crippen LogP contribution in [0.2, 0.25) is 10.0 Å². The number of thiocarbonyl (C=S) groups is 1. The summed E-state index contributed by atoms with van der Waals surface area (Å²) in [6.45, 7) is 0. The third-order valence-corrected chi connectivity index (χ3v) is 4.25. The van der Waals surface area contributed by atoms with E-state index >= 15 is 0 Å². The lowest BCUT2D eigenvalue weighted by Crippen LogP contribution is -2.31. The van der Waals surface area contributed by atoms with E-state index in [1.807, 2.05) is 0 Å². The molecule has 1 heterocycles. The van der Waals surface area contributed by atoms with Crippen molar-refractivity contribution in [3.05, 3.63) is 69.6 Å². The van der Waals surface area contributed by atoms with E-state index in [0.29, 0.717) is 15.6 Å². The summed E-state index contributed by atoms with van der Waals surface area (Å²) in [6.07, 6.45) is 1.58. The Morgan fingerprint density at radius 2 is 1.87 bits per heavy atom. The van der Waals surface area contributed by atoms with Crippen molar-refractivity contribution in [1.29, 1.82) is 0 Å². The first-order valence-electron chi connectivity index (χ1n) is 6.54. The number of carbonyl (C=O) groups is 1. The van der Waals surface area contributed by atoms with Crippen molar-refractivity contribution in [2.75, 3.05) is 4.90 Å². The number of carbonyl (C=O) groups excluding carboxylic acids is 1. The number of nitrogens with zero attached hydrogens (tertiary/aromatic N) is 1. The minimum Gasteiger partial charge on any atom is -0.327 e. The molecule has 0 radical (unpaired) electrons. The van der Waals surface area contributed by atoms with Crippen molar-refractivity contribution >= 4 is 58.2 Å². The van der Waals surface area contributed by atoms with Gasteiger partial charge in [-0.25, -0.2) is 9.29 Å². The molecule has 0 aliphatic carbocycles. The summed E-state index contributed by atoms with van der Waals surface area (Å²) in [7, 11) is 0. The van der Waals surface area contributed by atoms with Gasteiger partial charge < -0.3 is 5.32 Å². The molecule has 0 atom stereocenters. The molecular weight excluding hydrogens is 358 g/mol. The third-order valence-electron chi connectivity index (χ3n) is 3.23. The number of amides is 1. The number of halogens is 3. The van der Waals surface area contributed by atoms with Crippen LogP contribution in [0.5, 0.6) is 0 Å². The quantitative estimate of drug-likeness (QED) is 0.631. The van der Waals surface area contributed by atoms with Crippen LogP contribution in [0.4, 0.5) is 10.1 Å². The van der Waals surface area contributed by atoms with Crippen LogP contribution in [0.1, 0.15) is 5.56 Å². The topological polar surface area (TPSA) is 32.3 Å². The molecule has 0 saturated carbocycles. The molecule has 1 saturated heterocycles. The molecule has 0 spiro atoms. The van der Waals surface area contributed by atoms with E-state index in [-0.39, 0.29) is 16.5 Å². The van der Waals surface area contributed by atoms with Gasteiger partial charge in [0.05, 0.1) is 15.7 Å². The molecule has 3 rings (SSSR count). The maximum Gasteiger partial charge on any atom is 0.281 e. The van der Waals surface area contributed by atoms with Crippen molar-refractivity contribution in [1.82, 2.24) is 5.32 Å². The molecule has 2 aromatic carbocycles. The van der Waals surface area contributed by atoms with Crippen LogP contribution in [0.15, 0.2) is 48.2 Å². The highest BCUT2D eigenvalue weighted by Gasteiger charge is 2.33. The first-order valence-corrected chi connectivity index (χ1v) is 7.70. The average Bonchev–Trinajstić information content (AvgIpc) is 2.78. The van der Waals surface area contributed by atoms with Crippen LogP contribution in [0.25, 0.3) is 6.08 Å². The zero-order valence-corrected chi connectivity index (χ0v) is 13.8. The summed E-state index contributed by atoms with van der Waals surface area (Å²) in [4.78, 5) is 13.6. The number of para-hydroxylation sites is 1. The van der Waals surface area contributed by atoms with Crippen LogP contribution < -0.4 is 10.2 Å². The van der Waals surface area contributed by atoms with Gasteiger partial charge in [0, 0.05) is 0 Å². The monoisotopic (exact) mass is 366 g/mol. The zero-order valence-electron chi connectivity index (χ0n) is 11.5. The fraction of sp³-hybridized carbons (Fsp3) is 0. The smallest absolute Gasteiger partial charge is 0.281 e. The van der Waals surface area contributed by atoms with Gasteiger partial charge in [-0.05, 0) is 48.1 Å². The summed E-state index contributed by atoms with van der Waals surface area (Å²) in [5, 5.41) is 3.70. The molecule has 1 aliphatic rings. The Morgan fingerprint density at radius 3 is 2.57 bits per heavy atom. The summed E-state index contributed by atoms with van der Waals surface area (Å²) in [6, 6.07) is 10.9. The number of hydrogen-bond donors (Lipinski definition) is 1. The van der Waals surface area contributed by atoms with Gasteiger partial charge >= 0.3 is 0 Å². The van der Waals surface area contributed by atoms with Gasteiger partial charge in [-0.1, -0.05) is 41.4 Å². The van der Waals surface area contributed by atoms with Gasteiger partial charge in [0.15, 0.2) is 5.11 Å². The van der Waals surface area contributed by atoms with Crippen LogP contribution >= 0.6 is 35.4 Å². The fourth-order valence-electron chi connectivity index (χ4n) is 2.16. The highest BCUT2D eigenvalue weighted by Crippen LogP contribution is 2.27. The molecule has 7 heteroatoms. The first kappa shape index (κ1) is 15.9. The number of benzene rings is 2. The molecule has 1 N–H and O–H groups in total. The number of nitrogens with one attached hydrogen (secondary N) is 1. The van der Waals surface area contributed by atoms with E-state index < -0.39 is 11.7 Å². The highest BCUT2D eigenvalue weighted by atomic mass is 35.5. The van der Waals surface area contributed by atoms with E-state index in [9.17, 15) is 9.18 Å². The SMILES string of the molecule is O=C1C(=Cc2ccc(Cl)c(Cl)c2)NC(=S)N1c1ccccc1F. The predicted octanol–water partition coefficient (Wildman–Crippen LogP) is 4.39. The summed E-state index contributed by atoms with van der Waals surface area (Å²) in [5.41, 5.74) is 1.01. The first-order chi connectivity index (χ1) is 11.0. The van der Waals surface area contributed by atoms with Gasteiger partial charge in [0.25, 0.3) is 5.91 Å². The highest BCUT2D eigenvalue weighted by molar-refractivity contribution is 7.80. The largest absolute Gasteiger partial charge is 0.327 e. The lowest BCUT2D eigenvalue weighted by molar-refractivity contribution is -0.113. The molecule has 2 aromatic rings. The Balaban J connectivity index is 1.96. The summed E-state index contributed by atoms with van der Waals surface area (Å²) in [5.74, 6) is -0.966. The lowest BCUT2D eigenvalue weighted by atomic mass is 10.2. The second kappa shape index (κ2) is 6.28. The van der Waals surface area contributed by atoms with Gasteiger partial charge in [0.1, 0.15) is 11.5 Å². The third kappa shape index (κ3) is 3.08. The second-order valence-corrected chi connectivity index (χ2v) is 5.95. The van der Waals surface area contributed by atoms with Crippen molar-refractivity contribution in [2.24, 2.45) is 0 Å². The molecule has 0 aromatic heterocycles. The van der Waals surface area contributed by atoms with Gasteiger partial charge in [-0.2, -0.15) is 0 Å². The van der Waals surface area contributed by atoms with E-state index in [0.717, 1.165) is 4.90 Å². The van der Waals surface area contributed by atoms with E-state index in [1.54, 1.807) is 36.4 Å². The van der Waals surface area contributed by atoms with Crippen LogP contribution in [-0.2, 0) is 4.79 Å². The molecule has 23 heavy (non-hydrogen) atoms. The Hall–Kier alpha value is -1.95. The van der Waals surface area contributed by atoms with Gasteiger partial charge in [0.2, 0.25) is 0 Å². The van der Waals surface area contributed by atoms with Crippen LogP contribution in [-0.4, -0.2) is 11.0 Å². The predicted molar refractivity (Wildman–Crippen MR) is 94.1 cm³/mol. The molecule has 0 bridgehead atoms. The van der Waals surface area contributed by atoms with E-state index in [2.05, 4.69) is 5.32 Å². The minimum atomic E-state index is -0.527. The maximum atomic E-state index is 13.9. The minimum absolute atomic E-state index is 0.104. The standard InChI is InChI=1S/C16H9Cl2FN2OS/c17-10-6-5-9(7-11(10)18)8-13-15(22)21(16(23)20-13)14-4-2-1-3-12(14)19/h1-8H,(H,20,23). The maximum absolute atomic E-state index is 13.9. The van der Waals surface area contributed by atoms with Gasteiger partial charge in [-0.15, -0.1) is 0 Å². The average molecular weight is 367 g/mol. The van der Waals surface area contributed by atoms with Crippen molar-refractivity contribution in [3.63, 3.8) is 0 Å². The summed E-state index contributed by atoms with van der Waals surface area (Å²) >= 11 is 17.0. The van der Waals surface area contributed by atoms with Crippen LogP contribution in [0, 0.1) is 5.82 Å². The Morgan fingerprint density at radius 1 is 1.13 bits per heavy atom. The molecule has 0 unspecified atom stereocenters. The normalized spacial score (nSPS) is 16.1. The van der Waals surface area contributed by atoms with E-state index in [4.69, 9.17) is 35.4 Å². The van der Waals surface area contributed by atoms with Crippen molar-refractivity contribution in [2.45, 2.75) is 0 Å². The Bertz CT molecular complexity index is 854. The van der Waals surface area contributed by atoms with Crippen LogP contribution in [0.3, 0.4) is 0 Å². The Labute approximate surface area is 147 Å². The zero-order chi connectivity index (χ0) is 16.6. The summed E-state index contributed by atoms with van der Waals surface area (Å²) < 4.78 is 13.9. The van der Waals surface area contributed by atoms with Gasteiger partial charge in [-0.3, -0.25) is 4.79 Å². The molecular formula is C16H9Cl2FN2OS. The Kier molecular flexibility index (Phi) is 4.35. The number of rotatable bonds is 2. The van der Waals surface area contributed by atoms with Crippen molar-refractivity contribution in [3.8, 4) is 0 Å². The van der Waals surface area contributed by atoms with E-state index in [1.165, 1.54) is 12.1 Å². The fourth-order valence-corrected chi connectivity index (χ4v) is 2.75. The molecule has 1 amide bonds. The number of hydrogen-bond acceptors (Lipinski definition) is 2. The molecule has 1 fully saturated rings. The molecule has 3 nitrogen and oxygen atoms in total. The second-order valence-electron chi connectivity index (χ2n) is 4.75. The van der Waals surface area contributed by atoms with Crippen molar-refractivity contribution < 1.29 is 9.18 Å².